The van der Waals surface area contributed by atoms with Crippen LogP contribution in [0.1, 0.15) is 64.2 Å². The summed E-state index contributed by atoms with van der Waals surface area (Å²) in [6.45, 7) is 12.1. The Morgan fingerprint density at radius 3 is 2.48 bits per heavy atom. The summed E-state index contributed by atoms with van der Waals surface area (Å²) >= 11 is 0. The van der Waals surface area contributed by atoms with Gasteiger partial charge in [-0.2, -0.15) is 0 Å². The molecular weight excluding hydrogens is 286 g/mol. The number of nitrogens with one attached hydrogen (secondary N) is 1. The fourth-order valence-electron chi connectivity index (χ4n) is 2.69. The molecule has 0 aromatic heterocycles. The second-order valence-corrected chi connectivity index (χ2v) is 6.98. The van der Waals surface area contributed by atoms with Crippen LogP contribution in [0.3, 0.4) is 0 Å². The van der Waals surface area contributed by atoms with Crippen LogP contribution in [0, 0.1) is 6.92 Å². The molecule has 0 spiro atoms. The highest BCUT2D eigenvalue weighted by atomic mass is 16.6. The predicted octanol–water partition coefficient (Wildman–Crippen LogP) is 5.12. The van der Waals surface area contributed by atoms with Gasteiger partial charge >= 0.3 is 5.97 Å². The Bertz CT molecular complexity index is 580. The maximum atomic E-state index is 12.2. The van der Waals surface area contributed by atoms with Crippen molar-refractivity contribution < 1.29 is 9.53 Å². The maximum Gasteiger partial charge on any atom is 0.310 e. The van der Waals surface area contributed by atoms with Gasteiger partial charge in [0.05, 0.1) is 6.42 Å². The molecule has 0 bridgehead atoms. The number of hydrogen-bond acceptors (Lipinski definition) is 3. The maximum absolute atomic E-state index is 12.2. The summed E-state index contributed by atoms with van der Waals surface area (Å²) in [4.78, 5) is 12.2. The number of rotatable bonds is 6. The van der Waals surface area contributed by atoms with Crippen molar-refractivity contribution in [3.8, 4) is 0 Å². The van der Waals surface area contributed by atoms with Crippen LogP contribution in [0.15, 0.2) is 18.2 Å². The molecule has 0 aliphatic heterocycles. The van der Waals surface area contributed by atoms with Crippen molar-refractivity contribution in [1.29, 1.82) is 0 Å². The Morgan fingerprint density at radius 2 is 1.96 bits per heavy atom. The van der Waals surface area contributed by atoms with E-state index in [-0.39, 0.29) is 12.4 Å². The van der Waals surface area contributed by atoms with Gasteiger partial charge in [-0.15, -0.1) is 0 Å². The summed E-state index contributed by atoms with van der Waals surface area (Å²) in [6, 6.07) is 4.10. The zero-order valence-electron chi connectivity index (χ0n) is 15.7. The van der Waals surface area contributed by atoms with Crippen molar-refractivity contribution in [2.75, 3.05) is 12.4 Å². The molecule has 0 saturated heterocycles. The number of carbonyl (C=O) groups is 1. The van der Waals surface area contributed by atoms with Gasteiger partial charge in [-0.05, 0) is 57.7 Å². The number of unbranched alkanes of at least 4 members (excludes halogenated alkanes) is 1. The van der Waals surface area contributed by atoms with E-state index < -0.39 is 5.60 Å². The highest BCUT2D eigenvalue weighted by molar-refractivity contribution is 5.83. The van der Waals surface area contributed by atoms with Gasteiger partial charge in [-0.25, -0.2) is 0 Å². The molecule has 0 unspecified atom stereocenters. The van der Waals surface area contributed by atoms with Crippen molar-refractivity contribution in [3.63, 3.8) is 0 Å². The van der Waals surface area contributed by atoms with Gasteiger partial charge in [-0.1, -0.05) is 31.6 Å². The summed E-state index contributed by atoms with van der Waals surface area (Å²) < 4.78 is 5.46. The number of ether oxygens (including phenoxy) is 1. The fraction of sp³-hybridized carbons (Fsp3) is 0.550. The number of allylic oxidation sites excluding steroid dienone is 2. The van der Waals surface area contributed by atoms with Crippen LogP contribution in [0.5, 0.6) is 0 Å². The first-order valence-corrected chi connectivity index (χ1v) is 8.38. The van der Waals surface area contributed by atoms with E-state index in [1.165, 1.54) is 16.7 Å². The quantitative estimate of drug-likeness (QED) is 0.740. The van der Waals surface area contributed by atoms with Crippen LogP contribution in [0.2, 0.25) is 0 Å². The zero-order valence-corrected chi connectivity index (χ0v) is 15.7. The smallest absolute Gasteiger partial charge is 0.310 e. The minimum absolute atomic E-state index is 0.195. The summed E-state index contributed by atoms with van der Waals surface area (Å²) in [5.41, 5.74) is 5.21. The van der Waals surface area contributed by atoms with E-state index in [1.54, 1.807) is 0 Å². The van der Waals surface area contributed by atoms with Gasteiger partial charge in [0.15, 0.2) is 0 Å². The first kappa shape index (κ1) is 19.3. The van der Waals surface area contributed by atoms with E-state index in [9.17, 15) is 4.79 Å². The molecule has 0 saturated carbocycles. The SMILES string of the molecule is CCC/C=C(/C)c1c(C)ccc(CC(=O)OC(C)(C)C)c1NC. The molecule has 0 amide bonds. The second kappa shape index (κ2) is 8.19. The van der Waals surface area contributed by atoms with E-state index in [4.69, 9.17) is 4.74 Å². The average Bonchev–Trinajstić information content (AvgIpc) is 2.44. The number of esters is 1. The normalized spacial score (nSPS) is 12.2. The fourth-order valence-corrected chi connectivity index (χ4v) is 2.69. The van der Waals surface area contributed by atoms with Gasteiger partial charge in [0.1, 0.15) is 5.60 Å². The average molecular weight is 317 g/mol. The molecule has 1 aromatic carbocycles. The van der Waals surface area contributed by atoms with Crippen LogP contribution in [-0.2, 0) is 16.0 Å². The van der Waals surface area contributed by atoms with Crippen LogP contribution in [0.4, 0.5) is 5.69 Å². The molecule has 0 aliphatic rings. The molecule has 23 heavy (non-hydrogen) atoms. The Kier molecular flexibility index (Phi) is 6.86. The molecule has 3 nitrogen and oxygen atoms in total. The van der Waals surface area contributed by atoms with E-state index in [0.29, 0.717) is 0 Å². The minimum Gasteiger partial charge on any atom is -0.460 e. The van der Waals surface area contributed by atoms with Gasteiger partial charge in [-0.3, -0.25) is 4.79 Å². The first-order valence-electron chi connectivity index (χ1n) is 8.38. The van der Waals surface area contributed by atoms with Gasteiger partial charge in [0.25, 0.3) is 0 Å². The van der Waals surface area contributed by atoms with Crippen LogP contribution in [-0.4, -0.2) is 18.6 Å². The molecule has 1 aromatic rings. The molecule has 0 fully saturated rings. The first-order chi connectivity index (χ1) is 10.7. The largest absolute Gasteiger partial charge is 0.460 e. The topological polar surface area (TPSA) is 38.3 Å². The minimum atomic E-state index is -0.457. The summed E-state index contributed by atoms with van der Waals surface area (Å²) in [5.74, 6) is -0.195. The molecule has 1 rings (SSSR count). The monoisotopic (exact) mass is 317 g/mol. The Hall–Kier alpha value is -1.77. The highest BCUT2D eigenvalue weighted by Gasteiger charge is 2.19. The lowest BCUT2D eigenvalue weighted by Gasteiger charge is -2.21. The number of carbonyl (C=O) groups excluding carboxylic acids is 1. The third-order valence-electron chi connectivity index (χ3n) is 3.64. The Morgan fingerprint density at radius 1 is 1.30 bits per heavy atom. The van der Waals surface area contributed by atoms with Gasteiger partial charge in [0.2, 0.25) is 0 Å². The number of benzene rings is 1. The number of hydrogen-bond donors (Lipinski definition) is 1. The highest BCUT2D eigenvalue weighted by Crippen LogP contribution is 2.31. The molecule has 128 valence electrons. The molecular formula is C20H31NO2. The van der Waals surface area contributed by atoms with E-state index >= 15 is 0 Å². The Labute approximate surface area is 141 Å². The van der Waals surface area contributed by atoms with Crippen molar-refractivity contribution >= 4 is 17.2 Å². The van der Waals surface area contributed by atoms with Gasteiger partial charge in [0, 0.05) is 18.3 Å². The molecule has 1 N–H and O–H groups in total. The van der Waals surface area contributed by atoms with E-state index in [1.807, 2.05) is 33.9 Å². The van der Waals surface area contributed by atoms with Crippen molar-refractivity contribution in [3.05, 3.63) is 34.9 Å². The van der Waals surface area contributed by atoms with E-state index in [0.717, 1.165) is 24.1 Å². The Balaban J connectivity index is 3.18. The van der Waals surface area contributed by atoms with E-state index in [2.05, 4.69) is 38.2 Å². The standard InChI is InChI=1S/C20H31NO2/c1-8-9-10-14(2)18-15(3)11-12-16(19(18)21-7)13-17(22)23-20(4,5)6/h10-12,21H,8-9,13H2,1-7H3/b14-10-. The molecule has 0 radical (unpaired) electrons. The molecule has 0 heterocycles. The zero-order chi connectivity index (χ0) is 17.6. The molecule has 0 atom stereocenters. The summed E-state index contributed by atoms with van der Waals surface area (Å²) in [7, 11) is 1.91. The number of aryl methyl sites for hydroxylation is 1. The van der Waals surface area contributed by atoms with Crippen molar-refractivity contribution in [2.24, 2.45) is 0 Å². The predicted molar refractivity (Wildman–Crippen MR) is 98.8 cm³/mol. The van der Waals surface area contributed by atoms with Gasteiger partial charge < -0.3 is 10.1 Å². The van der Waals surface area contributed by atoms with Crippen LogP contribution < -0.4 is 5.32 Å². The van der Waals surface area contributed by atoms with Crippen LogP contribution in [0.25, 0.3) is 5.57 Å². The van der Waals surface area contributed by atoms with Crippen molar-refractivity contribution in [1.82, 2.24) is 0 Å². The second-order valence-electron chi connectivity index (χ2n) is 6.98. The molecule has 0 aliphatic carbocycles. The lowest BCUT2D eigenvalue weighted by Crippen LogP contribution is -2.25. The third-order valence-corrected chi connectivity index (χ3v) is 3.64. The molecule has 3 heteroatoms. The third kappa shape index (κ3) is 5.74. The number of anilines is 1. The summed E-state index contributed by atoms with van der Waals surface area (Å²) in [5, 5.41) is 3.28. The lowest BCUT2D eigenvalue weighted by atomic mass is 9.94. The summed E-state index contributed by atoms with van der Waals surface area (Å²) in [6.07, 6.45) is 4.73. The van der Waals surface area contributed by atoms with Crippen molar-refractivity contribution in [2.45, 2.75) is 66.4 Å². The van der Waals surface area contributed by atoms with Crippen LogP contribution >= 0.6 is 0 Å². The lowest BCUT2D eigenvalue weighted by molar-refractivity contribution is -0.153.